The topological polar surface area (TPSA) is 62.7 Å². The molecule has 0 saturated carbocycles. The number of nitrogens with one attached hydrogen (secondary N) is 2. The third-order valence-electron chi connectivity index (χ3n) is 3.92. The van der Waals surface area contributed by atoms with Crippen LogP contribution in [-0.4, -0.2) is 15.0 Å². The molecule has 4 aromatic rings. The molecule has 5 nitrogen and oxygen atoms in total. The number of hydrogen-bond donors (Lipinski definition) is 2. The van der Waals surface area contributed by atoms with Crippen molar-refractivity contribution in [2.24, 2.45) is 0 Å². The molecule has 26 heavy (non-hydrogen) atoms. The second-order valence-electron chi connectivity index (χ2n) is 5.75. The first-order valence-electron chi connectivity index (χ1n) is 8.20. The molecule has 4 rings (SSSR count). The van der Waals surface area contributed by atoms with Crippen molar-refractivity contribution in [2.45, 2.75) is 6.54 Å². The Hall–Kier alpha value is -3.18. The van der Waals surface area contributed by atoms with E-state index in [9.17, 15) is 0 Å². The largest absolute Gasteiger partial charge is 0.366 e. The van der Waals surface area contributed by atoms with Crippen LogP contribution in [0.15, 0.2) is 73.1 Å². The van der Waals surface area contributed by atoms with Crippen LogP contribution >= 0.6 is 11.6 Å². The van der Waals surface area contributed by atoms with Crippen LogP contribution in [0.3, 0.4) is 0 Å². The molecule has 2 aromatic carbocycles. The monoisotopic (exact) mass is 361 g/mol. The van der Waals surface area contributed by atoms with Gasteiger partial charge in [-0.25, -0.2) is 4.98 Å². The Morgan fingerprint density at radius 2 is 1.69 bits per heavy atom. The molecular weight excluding hydrogens is 346 g/mol. The lowest BCUT2D eigenvalue weighted by Crippen LogP contribution is -2.04. The van der Waals surface area contributed by atoms with E-state index in [1.165, 1.54) is 0 Å². The average molecular weight is 362 g/mol. The molecule has 0 amide bonds. The molecule has 2 N–H and O–H groups in total. The highest BCUT2D eigenvalue weighted by Crippen LogP contribution is 2.23. The summed E-state index contributed by atoms with van der Waals surface area (Å²) in [5, 5.41) is 8.34. The van der Waals surface area contributed by atoms with Gasteiger partial charge in [-0.3, -0.25) is 4.98 Å². The maximum atomic E-state index is 5.91. The third kappa shape index (κ3) is 3.73. The van der Waals surface area contributed by atoms with E-state index >= 15 is 0 Å². The Balaban J connectivity index is 1.51. The molecule has 0 aliphatic rings. The van der Waals surface area contributed by atoms with Gasteiger partial charge < -0.3 is 10.6 Å². The smallest absolute Gasteiger partial charge is 0.229 e. The zero-order valence-corrected chi connectivity index (χ0v) is 14.6. The molecule has 0 bridgehead atoms. The number of hydrogen-bond acceptors (Lipinski definition) is 5. The van der Waals surface area contributed by atoms with Gasteiger partial charge in [-0.1, -0.05) is 41.9 Å². The standard InChI is InChI=1S/C20H16ClN5/c21-16-8-6-14(7-9-16)13-24-18-10-12-23-20(26-18)25-17-5-1-3-15-4-2-11-22-19(15)17/h1-12H,13H2,(H2,23,24,25,26). The lowest BCUT2D eigenvalue weighted by Gasteiger charge is -2.10. The summed E-state index contributed by atoms with van der Waals surface area (Å²) in [7, 11) is 0. The maximum absolute atomic E-state index is 5.91. The maximum Gasteiger partial charge on any atom is 0.229 e. The molecule has 0 radical (unpaired) electrons. The highest BCUT2D eigenvalue weighted by atomic mass is 35.5. The molecule has 6 heteroatoms. The SMILES string of the molecule is Clc1ccc(CNc2ccnc(Nc3cccc4cccnc34)n2)cc1. The van der Waals surface area contributed by atoms with Crippen molar-refractivity contribution in [3.63, 3.8) is 0 Å². The molecule has 2 heterocycles. The molecule has 128 valence electrons. The first-order valence-corrected chi connectivity index (χ1v) is 8.58. The van der Waals surface area contributed by atoms with E-state index in [4.69, 9.17) is 11.6 Å². The van der Waals surface area contributed by atoms with Crippen LogP contribution in [0.1, 0.15) is 5.56 Å². The molecule has 0 saturated heterocycles. The van der Waals surface area contributed by atoms with Crippen LogP contribution in [0.25, 0.3) is 10.9 Å². The highest BCUT2D eigenvalue weighted by Gasteiger charge is 2.05. The van der Waals surface area contributed by atoms with Gasteiger partial charge in [0, 0.05) is 29.3 Å². The van der Waals surface area contributed by atoms with Gasteiger partial charge in [-0.05, 0) is 35.9 Å². The van der Waals surface area contributed by atoms with Crippen LogP contribution in [0.2, 0.25) is 5.02 Å². The summed E-state index contributed by atoms with van der Waals surface area (Å²) in [6.07, 6.45) is 3.50. The van der Waals surface area contributed by atoms with Crippen molar-refractivity contribution in [3.8, 4) is 0 Å². The molecule has 0 unspecified atom stereocenters. The van der Waals surface area contributed by atoms with Gasteiger partial charge in [0.05, 0.1) is 11.2 Å². The van der Waals surface area contributed by atoms with Gasteiger partial charge in [-0.2, -0.15) is 4.98 Å². The summed E-state index contributed by atoms with van der Waals surface area (Å²) in [5.74, 6) is 1.26. The lowest BCUT2D eigenvalue weighted by molar-refractivity contribution is 1.08. The number of rotatable bonds is 5. The molecule has 0 aliphatic heterocycles. The lowest BCUT2D eigenvalue weighted by atomic mass is 10.2. The summed E-state index contributed by atoms with van der Waals surface area (Å²) in [6.45, 7) is 0.656. The van der Waals surface area contributed by atoms with Crippen molar-refractivity contribution in [1.29, 1.82) is 0 Å². The van der Waals surface area contributed by atoms with Crippen molar-refractivity contribution >= 4 is 40.0 Å². The van der Waals surface area contributed by atoms with E-state index in [-0.39, 0.29) is 0 Å². The molecule has 0 fully saturated rings. The van der Waals surface area contributed by atoms with E-state index in [1.807, 2.05) is 60.7 Å². The van der Waals surface area contributed by atoms with Gasteiger partial charge in [0.15, 0.2) is 0 Å². The summed E-state index contributed by atoms with van der Waals surface area (Å²) in [6, 6.07) is 19.5. The zero-order chi connectivity index (χ0) is 17.8. The first-order chi connectivity index (χ1) is 12.8. The average Bonchev–Trinajstić information content (AvgIpc) is 2.68. The van der Waals surface area contributed by atoms with Crippen LogP contribution in [0, 0.1) is 0 Å². The molecule has 0 spiro atoms. The normalized spacial score (nSPS) is 10.7. The van der Waals surface area contributed by atoms with Crippen LogP contribution in [0.4, 0.5) is 17.5 Å². The summed E-state index contributed by atoms with van der Waals surface area (Å²) in [4.78, 5) is 13.3. The summed E-state index contributed by atoms with van der Waals surface area (Å²) in [5.41, 5.74) is 2.89. The van der Waals surface area contributed by atoms with Crippen molar-refractivity contribution in [2.75, 3.05) is 10.6 Å². The van der Waals surface area contributed by atoms with Gasteiger partial charge in [0.25, 0.3) is 0 Å². The van der Waals surface area contributed by atoms with Gasteiger partial charge in [-0.15, -0.1) is 0 Å². The highest BCUT2D eigenvalue weighted by molar-refractivity contribution is 6.30. The Kier molecular flexibility index (Phi) is 4.62. The quantitative estimate of drug-likeness (QED) is 0.521. The number of aromatic nitrogens is 3. The molecule has 2 aromatic heterocycles. The second kappa shape index (κ2) is 7.37. The van der Waals surface area contributed by atoms with Gasteiger partial charge in [0.2, 0.25) is 5.95 Å². The Labute approximate surface area is 156 Å². The van der Waals surface area contributed by atoms with E-state index < -0.39 is 0 Å². The van der Waals surface area contributed by atoms with E-state index in [2.05, 4.69) is 25.6 Å². The fourth-order valence-electron chi connectivity index (χ4n) is 2.64. The number of halogens is 1. The Bertz CT molecular complexity index is 1030. The fraction of sp³-hybridized carbons (Fsp3) is 0.0500. The predicted octanol–water partition coefficient (Wildman–Crippen LogP) is 5.03. The minimum absolute atomic E-state index is 0.518. The second-order valence-corrected chi connectivity index (χ2v) is 6.19. The molecule has 0 aliphatic carbocycles. The van der Waals surface area contributed by atoms with Gasteiger partial charge >= 0.3 is 0 Å². The Morgan fingerprint density at radius 3 is 2.58 bits per heavy atom. The summed E-state index contributed by atoms with van der Waals surface area (Å²) >= 11 is 5.91. The number of nitrogens with zero attached hydrogens (tertiary/aromatic N) is 3. The summed E-state index contributed by atoms with van der Waals surface area (Å²) < 4.78 is 0. The minimum atomic E-state index is 0.518. The predicted molar refractivity (Wildman–Crippen MR) is 106 cm³/mol. The van der Waals surface area contributed by atoms with Crippen molar-refractivity contribution in [3.05, 3.63) is 83.6 Å². The van der Waals surface area contributed by atoms with Crippen LogP contribution in [0.5, 0.6) is 0 Å². The fourth-order valence-corrected chi connectivity index (χ4v) is 2.76. The number of anilines is 3. The van der Waals surface area contributed by atoms with E-state index in [1.54, 1.807) is 12.4 Å². The van der Waals surface area contributed by atoms with Gasteiger partial charge in [0.1, 0.15) is 5.82 Å². The van der Waals surface area contributed by atoms with E-state index in [0.717, 1.165) is 33.0 Å². The van der Waals surface area contributed by atoms with Crippen molar-refractivity contribution in [1.82, 2.24) is 15.0 Å². The van der Waals surface area contributed by atoms with Crippen LogP contribution < -0.4 is 10.6 Å². The third-order valence-corrected chi connectivity index (χ3v) is 4.17. The zero-order valence-electron chi connectivity index (χ0n) is 13.9. The first kappa shape index (κ1) is 16.3. The number of fused-ring (bicyclic) bond motifs is 1. The number of para-hydroxylation sites is 1. The van der Waals surface area contributed by atoms with E-state index in [0.29, 0.717) is 12.5 Å². The number of benzene rings is 2. The molecular formula is C20H16ClN5. The minimum Gasteiger partial charge on any atom is -0.366 e. The number of pyridine rings is 1. The van der Waals surface area contributed by atoms with Crippen LogP contribution in [-0.2, 0) is 6.54 Å². The molecule has 0 atom stereocenters. The Morgan fingerprint density at radius 1 is 0.846 bits per heavy atom. The van der Waals surface area contributed by atoms with Crippen molar-refractivity contribution < 1.29 is 0 Å².